The van der Waals surface area contributed by atoms with Crippen molar-refractivity contribution in [2.75, 3.05) is 0 Å². The van der Waals surface area contributed by atoms with Crippen LogP contribution in [0, 0.1) is 5.41 Å². The minimum absolute atomic E-state index is 0.0665. The third-order valence-electron chi connectivity index (χ3n) is 5.52. The number of benzene rings is 3. The smallest absolute Gasteiger partial charge is 0.175 e. The maximum Gasteiger partial charge on any atom is 0.175 e. The van der Waals surface area contributed by atoms with Crippen LogP contribution in [-0.2, 0) is 5.41 Å². The van der Waals surface area contributed by atoms with Gasteiger partial charge in [-0.25, -0.2) is 0 Å². The Bertz CT molecular complexity index is 747. The minimum Gasteiger partial charge on any atom is -0.408 e. The van der Waals surface area contributed by atoms with E-state index in [0.29, 0.717) is 0 Å². The first kappa shape index (κ1) is 23.4. The van der Waals surface area contributed by atoms with Gasteiger partial charge < -0.3 is 5.11 Å². The topological polar surface area (TPSA) is 20.2 Å². The zero-order chi connectivity index (χ0) is 21.5. The average Bonchev–Trinajstić information content (AvgIpc) is 2.70. The van der Waals surface area contributed by atoms with Gasteiger partial charge in [0.1, 0.15) is 0 Å². The van der Waals surface area contributed by atoms with Crippen LogP contribution in [0.25, 0.3) is 0 Å². The Labute approximate surface area is 185 Å². The molecule has 2 heteroatoms. The van der Waals surface area contributed by atoms with Crippen LogP contribution >= 0.6 is 0 Å². The molecule has 3 aromatic carbocycles. The van der Waals surface area contributed by atoms with Gasteiger partial charge in [-0.15, -0.1) is 0 Å². The van der Waals surface area contributed by atoms with Crippen LogP contribution in [0.1, 0.15) is 57.7 Å². The fourth-order valence-corrected chi connectivity index (χ4v) is 4.00. The van der Waals surface area contributed by atoms with E-state index in [4.69, 9.17) is 5.11 Å². The summed E-state index contributed by atoms with van der Waals surface area (Å²) in [5, 5.41) is 8.48. The molecule has 0 saturated heterocycles. The molecule has 3 aromatic rings. The van der Waals surface area contributed by atoms with Crippen molar-refractivity contribution in [3.05, 3.63) is 108 Å². The highest BCUT2D eigenvalue weighted by Gasteiger charge is 2.47. The van der Waals surface area contributed by atoms with Gasteiger partial charge in [-0.2, -0.15) is 0 Å². The molecule has 29 heavy (non-hydrogen) atoms. The lowest BCUT2D eigenvalue weighted by Gasteiger charge is -2.48. The van der Waals surface area contributed by atoms with Crippen LogP contribution in [0.5, 0.6) is 0 Å². The molecule has 0 atom stereocenters. The predicted octanol–water partition coefficient (Wildman–Crippen LogP) is 6.34. The average molecular weight is 401 g/mol. The van der Waals surface area contributed by atoms with Crippen molar-refractivity contribution in [2.45, 2.75) is 50.9 Å². The molecular formula is C27H33AlO. The van der Waals surface area contributed by atoms with Crippen molar-refractivity contribution in [1.29, 1.82) is 0 Å². The van der Waals surface area contributed by atoms with Gasteiger partial charge in [-0.3, -0.25) is 0 Å². The van der Waals surface area contributed by atoms with E-state index in [9.17, 15) is 0 Å². The summed E-state index contributed by atoms with van der Waals surface area (Å²) in [4.78, 5) is 0. The number of hydrogen-bond acceptors (Lipinski definition) is 1. The van der Waals surface area contributed by atoms with Gasteiger partial charge in [-0.1, -0.05) is 126 Å². The molecule has 150 valence electrons. The monoisotopic (exact) mass is 400 g/mol. The summed E-state index contributed by atoms with van der Waals surface area (Å²) in [6.45, 7) is 10.5. The standard InChI is InChI=1S/C24H26.C3H7O.Al/c1-4-23(2,3)24(20-14-8-5-9-15-20,21-16-10-6-11-17-21)22-18-12-7-13-19-22;1-3(2)4;/h5-19H,4H2,1-3H3;4H,1-2H3;. The van der Waals surface area contributed by atoms with Crippen LogP contribution in [0.4, 0.5) is 0 Å². The van der Waals surface area contributed by atoms with Crippen molar-refractivity contribution >= 4 is 16.3 Å². The van der Waals surface area contributed by atoms with Crippen molar-refractivity contribution in [1.82, 2.24) is 0 Å². The zero-order valence-corrected chi connectivity index (χ0v) is 19.5. The third kappa shape index (κ3) is 5.61. The summed E-state index contributed by atoms with van der Waals surface area (Å²) >= 11 is 2.27. The lowest BCUT2D eigenvalue weighted by Crippen LogP contribution is -2.43. The van der Waals surface area contributed by atoms with Gasteiger partial charge in [0.15, 0.2) is 16.3 Å². The summed E-state index contributed by atoms with van der Waals surface area (Å²) in [7, 11) is 0. The van der Waals surface area contributed by atoms with E-state index in [-0.39, 0.29) is 10.8 Å². The Morgan fingerprint density at radius 1 is 0.621 bits per heavy atom. The molecule has 0 aliphatic heterocycles. The van der Waals surface area contributed by atoms with Gasteiger partial charge in [0.05, 0.1) is 5.41 Å². The Kier molecular flexibility index (Phi) is 7.89. The molecule has 0 saturated carbocycles. The van der Waals surface area contributed by atoms with E-state index >= 15 is 0 Å². The fraction of sp³-hybridized carbons (Fsp3) is 0.333. The quantitative estimate of drug-likeness (QED) is 0.391. The lowest BCUT2D eigenvalue weighted by molar-refractivity contribution is 0.170. The van der Waals surface area contributed by atoms with E-state index in [2.05, 4.69) is 128 Å². The summed E-state index contributed by atoms with van der Waals surface area (Å²) in [6.07, 6.45) is 1.09. The molecule has 0 unspecified atom stereocenters. The first-order valence-corrected chi connectivity index (χ1v) is 10.9. The first-order chi connectivity index (χ1) is 13.6. The second-order valence-electron chi connectivity index (χ2n) is 8.74. The van der Waals surface area contributed by atoms with Crippen LogP contribution < -0.4 is 0 Å². The molecule has 2 radical (unpaired) electrons. The molecule has 0 fully saturated rings. The molecular weight excluding hydrogens is 367 g/mol. The molecule has 0 spiro atoms. The Morgan fingerprint density at radius 2 is 0.862 bits per heavy atom. The highest BCUT2D eigenvalue weighted by Crippen LogP contribution is 2.53. The highest BCUT2D eigenvalue weighted by atomic mass is 27.0. The van der Waals surface area contributed by atoms with Crippen LogP contribution in [-0.4, -0.2) is 25.9 Å². The summed E-state index contributed by atoms with van der Waals surface area (Å²) in [5.41, 5.74) is 3.96. The largest absolute Gasteiger partial charge is 0.408 e. The molecule has 0 bridgehead atoms. The van der Waals surface area contributed by atoms with Crippen molar-refractivity contribution in [3.63, 3.8) is 0 Å². The summed E-state index contributed by atoms with van der Waals surface area (Å²) < 4.78 is -0.583. The lowest BCUT2D eigenvalue weighted by atomic mass is 9.54. The van der Waals surface area contributed by atoms with Gasteiger partial charge in [-0.05, 0) is 33.0 Å². The van der Waals surface area contributed by atoms with Crippen LogP contribution in [0.2, 0.25) is 0 Å². The Hall–Kier alpha value is -1.85. The molecule has 1 N–H and O–H groups in total. The van der Waals surface area contributed by atoms with Gasteiger partial charge in [0.25, 0.3) is 0 Å². The predicted molar refractivity (Wildman–Crippen MR) is 125 cm³/mol. The van der Waals surface area contributed by atoms with E-state index in [1.54, 1.807) is 13.8 Å². The second kappa shape index (κ2) is 9.77. The molecule has 0 aromatic heterocycles. The van der Waals surface area contributed by atoms with Gasteiger partial charge in [0.2, 0.25) is 0 Å². The van der Waals surface area contributed by atoms with E-state index in [1.165, 1.54) is 16.7 Å². The highest BCUT2D eigenvalue weighted by molar-refractivity contribution is 6.13. The third-order valence-corrected chi connectivity index (χ3v) is 5.52. The maximum atomic E-state index is 8.48. The molecule has 0 amide bonds. The van der Waals surface area contributed by atoms with E-state index < -0.39 is 4.46 Å². The maximum absolute atomic E-state index is 8.48. The molecule has 1 nitrogen and oxygen atoms in total. The van der Waals surface area contributed by atoms with Gasteiger partial charge >= 0.3 is 0 Å². The summed E-state index contributed by atoms with van der Waals surface area (Å²) in [5.74, 6) is 0. The number of aliphatic hydroxyl groups is 1. The second-order valence-corrected chi connectivity index (χ2v) is 10.2. The van der Waals surface area contributed by atoms with Crippen LogP contribution in [0.15, 0.2) is 91.0 Å². The first-order valence-electron chi connectivity index (χ1n) is 10.3. The molecule has 0 aliphatic carbocycles. The SMILES string of the molecule is CCC(C)(C)C(c1ccccc1)(c1ccccc1)c1ccccc1.C[C](C)(O)[Al]. The fourth-order valence-electron chi connectivity index (χ4n) is 4.00. The molecule has 0 heterocycles. The van der Waals surface area contributed by atoms with E-state index in [0.717, 1.165) is 6.42 Å². The number of rotatable bonds is 5. The summed E-state index contributed by atoms with van der Waals surface area (Å²) in [6, 6.07) is 32.9. The normalized spacial score (nSPS) is 12.1. The number of hydrogen-bond donors (Lipinski definition) is 1. The van der Waals surface area contributed by atoms with Crippen molar-refractivity contribution in [2.24, 2.45) is 5.41 Å². The van der Waals surface area contributed by atoms with Crippen LogP contribution in [0.3, 0.4) is 0 Å². The minimum atomic E-state index is -0.583. The molecule has 0 aliphatic rings. The Balaban J connectivity index is 0.000000537. The van der Waals surface area contributed by atoms with Crippen molar-refractivity contribution in [3.8, 4) is 0 Å². The zero-order valence-electron chi connectivity index (χ0n) is 18.4. The molecule has 3 rings (SSSR count). The van der Waals surface area contributed by atoms with E-state index in [1.807, 2.05) is 0 Å². The van der Waals surface area contributed by atoms with Crippen molar-refractivity contribution < 1.29 is 5.11 Å². The Morgan fingerprint density at radius 3 is 1.07 bits per heavy atom. The van der Waals surface area contributed by atoms with Gasteiger partial charge in [0, 0.05) is 0 Å².